The first-order chi connectivity index (χ1) is 10.0. The van der Waals surface area contributed by atoms with Gasteiger partial charge in [0.25, 0.3) is 5.91 Å². The number of aryl methyl sites for hydroxylation is 1. The fourth-order valence-corrected chi connectivity index (χ4v) is 2.02. The Bertz CT molecular complexity index is 684. The number of aromatic carboxylic acids is 1. The second-order valence-electron chi connectivity index (χ2n) is 4.28. The van der Waals surface area contributed by atoms with Gasteiger partial charge < -0.3 is 10.4 Å². The van der Waals surface area contributed by atoms with Crippen LogP contribution >= 0.6 is 11.6 Å². The first-order valence-electron chi connectivity index (χ1n) is 6.27. The van der Waals surface area contributed by atoms with E-state index >= 15 is 0 Å². The number of rotatable bonds is 5. The maximum Gasteiger partial charge on any atom is 0.339 e. The zero-order valence-electron chi connectivity index (χ0n) is 11.2. The zero-order valence-corrected chi connectivity index (χ0v) is 11.9. The van der Waals surface area contributed by atoms with Gasteiger partial charge in [-0.25, -0.2) is 9.78 Å². The van der Waals surface area contributed by atoms with E-state index in [0.717, 1.165) is 6.42 Å². The van der Waals surface area contributed by atoms with Crippen molar-refractivity contribution in [1.82, 2.24) is 15.2 Å². The second-order valence-corrected chi connectivity index (χ2v) is 4.68. The number of hydrogen-bond acceptors (Lipinski definition) is 4. The van der Waals surface area contributed by atoms with E-state index in [0.29, 0.717) is 12.2 Å². The molecule has 0 radical (unpaired) electrons. The Morgan fingerprint density at radius 3 is 2.86 bits per heavy atom. The Hall–Kier alpha value is -2.41. The van der Waals surface area contributed by atoms with Crippen molar-refractivity contribution in [3.8, 4) is 0 Å². The van der Waals surface area contributed by atoms with Crippen LogP contribution in [0.5, 0.6) is 0 Å². The molecule has 0 aliphatic heterocycles. The molecule has 1 amide bonds. The predicted molar refractivity (Wildman–Crippen MR) is 76.7 cm³/mol. The lowest BCUT2D eigenvalue weighted by Gasteiger charge is -2.07. The third kappa shape index (κ3) is 3.38. The van der Waals surface area contributed by atoms with Crippen molar-refractivity contribution in [1.29, 1.82) is 0 Å². The Labute approximate surface area is 125 Å². The number of H-pyrrole nitrogens is 1. The van der Waals surface area contributed by atoms with E-state index in [4.69, 9.17) is 16.7 Å². The van der Waals surface area contributed by atoms with Gasteiger partial charge >= 0.3 is 5.97 Å². The number of aromatic amines is 1. The van der Waals surface area contributed by atoms with Crippen LogP contribution in [0.1, 0.15) is 40.1 Å². The molecule has 0 spiro atoms. The molecular weight excluding hydrogens is 296 g/mol. The highest BCUT2D eigenvalue weighted by molar-refractivity contribution is 6.34. The lowest BCUT2D eigenvalue weighted by atomic mass is 10.1. The minimum absolute atomic E-state index is 0.0435. The van der Waals surface area contributed by atoms with Crippen LogP contribution in [0.4, 0.5) is 5.69 Å². The summed E-state index contributed by atoms with van der Waals surface area (Å²) in [5.41, 5.74) is -0.0707. The number of carboxylic acids is 1. The molecule has 1 aromatic heterocycles. The van der Waals surface area contributed by atoms with Crippen LogP contribution in [-0.4, -0.2) is 32.2 Å². The highest BCUT2D eigenvalue weighted by Gasteiger charge is 2.18. The minimum Gasteiger partial charge on any atom is -0.478 e. The number of carbonyl (C=O) groups is 2. The van der Waals surface area contributed by atoms with E-state index in [2.05, 4.69) is 20.5 Å². The Morgan fingerprint density at radius 1 is 1.43 bits per heavy atom. The topological polar surface area (TPSA) is 108 Å². The van der Waals surface area contributed by atoms with E-state index in [9.17, 15) is 9.59 Å². The summed E-state index contributed by atoms with van der Waals surface area (Å²) in [6, 6.07) is 4.44. The Morgan fingerprint density at radius 2 is 2.19 bits per heavy atom. The fraction of sp³-hybridized carbons (Fsp3) is 0.231. The third-order valence-corrected chi connectivity index (χ3v) is 3.01. The quantitative estimate of drug-likeness (QED) is 0.785. The van der Waals surface area contributed by atoms with Crippen molar-refractivity contribution in [3.05, 3.63) is 40.4 Å². The van der Waals surface area contributed by atoms with Crippen molar-refractivity contribution in [2.45, 2.75) is 19.8 Å². The smallest absolute Gasteiger partial charge is 0.339 e. The van der Waals surface area contributed by atoms with E-state index in [-0.39, 0.29) is 22.1 Å². The first kappa shape index (κ1) is 15.0. The summed E-state index contributed by atoms with van der Waals surface area (Å²) in [4.78, 5) is 27.2. The molecule has 0 saturated carbocycles. The van der Waals surface area contributed by atoms with Crippen molar-refractivity contribution >= 4 is 29.2 Å². The summed E-state index contributed by atoms with van der Waals surface area (Å²) in [5, 5.41) is 18.1. The fourth-order valence-electron chi connectivity index (χ4n) is 1.77. The van der Waals surface area contributed by atoms with Crippen LogP contribution in [0.3, 0.4) is 0 Å². The Kier molecular flexibility index (Phi) is 4.54. The standard InChI is InChI=1S/C13H13ClN4O3/c1-2-4-9-16-11(18-17-9)12(19)15-8-6-3-5-7(14)10(8)13(20)21/h3,5-6H,2,4H2,1H3,(H,15,19)(H,20,21)(H,16,17,18). The molecule has 0 aliphatic rings. The molecule has 7 nitrogen and oxygen atoms in total. The molecule has 3 N–H and O–H groups in total. The van der Waals surface area contributed by atoms with Gasteiger partial charge in [-0.2, -0.15) is 0 Å². The van der Waals surface area contributed by atoms with Crippen molar-refractivity contribution in [2.24, 2.45) is 0 Å². The number of nitrogens with zero attached hydrogens (tertiary/aromatic N) is 2. The monoisotopic (exact) mass is 308 g/mol. The van der Waals surface area contributed by atoms with E-state index in [1.54, 1.807) is 6.07 Å². The van der Waals surface area contributed by atoms with Gasteiger partial charge in [-0.15, -0.1) is 5.10 Å². The van der Waals surface area contributed by atoms with Crippen LogP contribution in [0, 0.1) is 0 Å². The molecule has 8 heteroatoms. The molecule has 0 fully saturated rings. The number of nitrogens with one attached hydrogen (secondary N) is 2. The lowest BCUT2D eigenvalue weighted by Crippen LogP contribution is -2.16. The van der Waals surface area contributed by atoms with Crippen LogP contribution in [0.25, 0.3) is 0 Å². The number of amides is 1. The van der Waals surface area contributed by atoms with Gasteiger partial charge in [0.2, 0.25) is 5.82 Å². The van der Waals surface area contributed by atoms with Crippen molar-refractivity contribution in [2.75, 3.05) is 5.32 Å². The molecule has 0 unspecified atom stereocenters. The van der Waals surface area contributed by atoms with Gasteiger partial charge in [0.15, 0.2) is 0 Å². The third-order valence-electron chi connectivity index (χ3n) is 2.70. The summed E-state index contributed by atoms with van der Waals surface area (Å²) in [6.45, 7) is 1.98. The molecule has 1 heterocycles. The SMILES string of the molecule is CCCc1nc(C(=O)Nc2cccc(Cl)c2C(=O)O)n[nH]1. The molecule has 2 aromatic rings. The number of anilines is 1. The van der Waals surface area contributed by atoms with Gasteiger partial charge in [-0.3, -0.25) is 9.89 Å². The number of carboxylic acid groups (broad SMARTS) is 1. The van der Waals surface area contributed by atoms with Crippen LogP contribution < -0.4 is 5.32 Å². The molecule has 1 aromatic carbocycles. The molecule has 0 bridgehead atoms. The molecule has 0 saturated heterocycles. The van der Waals surface area contributed by atoms with E-state index in [1.165, 1.54) is 12.1 Å². The number of halogens is 1. The average molecular weight is 309 g/mol. The summed E-state index contributed by atoms with van der Waals surface area (Å²) < 4.78 is 0. The molecule has 0 atom stereocenters. The minimum atomic E-state index is -1.22. The van der Waals surface area contributed by atoms with Crippen molar-refractivity contribution < 1.29 is 14.7 Å². The molecule has 0 aliphatic carbocycles. The molecule has 110 valence electrons. The second kappa shape index (κ2) is 6.36. The number of hydrogen-bond donors (Lipinski definition) is 3. The first-order valence-corrected chi connectivity index (χ1v) is 6.65. The normalized spacial score (nSPS) is 10.4. The summed E-state index contributed by atoms with van der Waals surface area (Å²) in [5.74, 6) is -1.27. The summed E-state index contributed by atoms with van der Waals surface area (Å²) in [7, 11) is 0. The molecular formula is C13H13ClN4O3. The van der Waals surface area contributed by atoms with Crippen LogP contribution in [-0.2, 0) is 6.42 Å². The predicted octanol–water partition coefficient (Wildman–Crippen LogP) is 2.36. The zero-order chi connectivity index (χ0) is 15.4. The van der Waals surface area contributed by atoms with Gasteiger partial charge in [0.1, 0.15) is 11.4 Å². The molecule has 21 heavy (non-hydrogen) atoms. The van der Waals surface area contributed by atoms with E-state index in [1.807, 2.05) is 6.92 Å². The van der Waals surface area contributed by atoms with E-state index < -0.39 is 11.9 Å². The van der Waals surface area contributed by atoms with Gasteiger partial charge in [-0.05, 0) is 18.6 Å². The summed E-state index contributed by atoms with van der Waals surface area (Å²) in [6.07, 6.45) is 1.55. The van der Waals surface area contributed by atoms with Crippen LogP contribution in [0.15, 0.2) is 18.2 Å². The van der Waals surface area contributed by atoms with Gasteiger partial charge in [-0.1, -0.05) is 24.6 Å². The summed E-state index contributed by atoms with van der Waals surface area (Å²) >= 11 is 5.83. The average Bonchev–Trinajstić information content (AvgIpc) is 2.87. The number of aromatic nitrogens is 3. The highest BCUT2D eigenvalue weighted by atomic mass is 35.5. The Balaban J connectivity index is 2.23. The van der Waals surface area contributed by atoms with Gasteiger partial charge in [0, 0.05) is 6.42 Å². The van der Waals surface area contributed by atoms with Gasteiger partial charge in [0.05, 0.1) is 10.7 Å². The maximum atomic E-state index is 12.0. The molecule has 2 rings (SSSR count). The maximum absolute atomic E-state index is 12.0. The number of benzene rings is 1. The highest BCUT2D eigenvalue weighted by Crippen LogP contribution is 2.24. The largest absolute Gasteiger partial charge is 0.478 e. The lowest BCUT2D eigenvalue weighted by molar-refractivity contribution is 0.0698. The number of carbonyl (C=O) groups excluding carboxylic acids is 1. The van der Waals surface area contributed by atoms with Crippen molar-refractivity contribution in [3.63, 3.8) is 0 Å². The van der Waals surface area contributed by atoms with Crippen LogP contribution in [0.2, 0.25) is 5.02 Å².